The van der Waals surface area contributed by atoms with Crippen molar-refractivity contribution >= 4 is 12.4 Å². The van der Waals surface area contributed by atoms with E-state index in [9.17, 15) is 13.2 Å². The van der Waals surface area contributed by atoms with E-state index in [2.05, 4.69) is 5.32 Å². The molecule has 1 aliphatic heterocycles. The van der Waals surface area contributed by atoms with Gasteiger partial charge in [-0.15, -0.1) is 12.4 Å². The molecule has 0 spiro atoms. The third-order valence-electron chi connectivity index (χ3n) is 5.31. The number of nitrogens with one attached hydrogen (secondary N) is 1. The van der Waals surface area contributed by atoms with E-state index in [-0.39, 0.29) is 12.4 Å². The fraction of sp³-hybridized carbons (Fsp3) is 0.280. The summed E-state index contributed by atoms with van der Waals surface area (Å²) in [5.41, 5.74) is 0.551. The van der Waals surface area contributed by atoms with E-state index in [1.165, 1.54) is 0 Å². The van der Waals surface area contributed by atoms with Gasteiger partial charge in [-0.25, -0.2) is 0 Å². The molecule has 0 amide bonds. The summed E-state index contributed by atoms with van der Waals surface area (Å²) in [5, 5.41) is 3.20. The second-order valence-corrected chi connectivity index (χ2v) is 7.66. The second-order valence-electron chi connectivity index (χ2n) is 7.66. The van der Waals surface area contributed by atoms with Crippen molar-refractivity contribution in [3.63, 3.8) is 0 Å². The number of alkyl halides is 3. The zero-order valence-electron chi connectivity index (χ0n) is 17.9. The highest BCUT2D eigenvalue weighted by Gasteiger charge is 2.36. The molecule has 1 aliphatic rings. The number of piperazine rings is 1. The van der Waals surface area contributed by atoms with Gasteiger partial charge in [0.2, 0.25) is 0 Å². The Balaban J connectivity index is 0.00000306. The van der Waals surface area contributed by atoms with E-state index >= 15 is 0 Å². The summed E-state index contributed by atoms with van der Waals surface area (Å²) >= 11 is 0. The monoisotopic (exact) mass is 478 g/mol. The van der Waals surface area contributed by atoms with E-state index < -0.39 is 18.6 Å². The molecule has 0 aliphatic carbocycles. The molecular weight excluding hydrogens is 453 g/mol. The summed E-state index contributed by atoms with van der Waals surface area (Å²) in [6, 6.07) is 22.6. The highest BCUT2D eigenvalue weighted by molar-refractivity contribution is 5.85. The van der Waals surface area contributed by atoms with Crippen molar-refractivity contribution in [3.05, 3.63) is 84.4 Å². The zero-order chi connectivity index (χ0) is 22.4. The van der Waals surface area contributed by atoms with Crippen LogP contribution in [-0.2, 0) is 0 Å². The number of nitrogens with zero attached hydrogens (tertiary/aromatic N) is 1. The van der Waals surface area contributed by atoms with Crippen LogP contribution in [0.5, 0.6) is 23.0 Å². The maximum Gasteiger partial charge on any atom is 0.390 e. The van der Waals surface area contributed by atoms with Crippen molar-refractivity contribution < 1.29 is 22.6 Å². The molecule has 0 radical (unpaired) electrons. The Bertz CT molecular complexity index is 998. The van der Waals surface area contributed by atoms with Crippen LogP contribution in [0.15, 0.2) is 78.9 Å². The number of halogens is 4. The molecule has 8 heteroatoms. The smallest absolute Gasteiger partial charge is 0.390 e. The summed E-state index contributed by atoms with van der Waals surface area (Å²) in [6.07, 6.45) is -5.20. The minimum Gasteiger partial charge on any atom is -0.453 e. The van der Waals surface area contributed by atoms with Crippen LogP contribution in [0.3, 0.4) is 0 Å². The van der Waals surface area contributed by atoms with E-state index in [0.29, 0.717) is 54.7 Å². The van der Waals surface area contributed by atoms with Gasteiger partial charge >= 0.3 is 6.18 Å². The van der Waals surface area contributed by atoms with Crippen LogP contribution in [-0.4, -0.2) is 37.3 Å². The molecule has 4 nitrogen and oxygen atoms in total. The van der Waals surface area contributed by atoms with Gasteiger partial charge in [-0.1, -0.05) is 42.5 Å². The summed E-state index contributed by atoms with van der Waals surface area (Å²) in [7, 11) is 0. The third-order valence-corrected chi connectivity index (χ3v) is 5.31. The summed E-state index contributed by atoms with van der Waals surface area (Å²) in [6.45, 7) is 2.43. The Morgan fingerprint density at radius 3 is 1.88 bits per heavy atom. The third kappa shape index (κ3) is 7.12. The van der Waals surface area contributed by atoms with Crippen molar-refractivity contribution in [1.82, 2.24) is 10.2 Å². The maximum absolute atomic E-state index is 13.5. The van der Waals surface area contributed by atoms with Crippen LogP contribution in [0, 0.1) is 0 Å². The first kappa shape index (κ1) is 24.9. The van der Waals surface area contributed by atoms with Crippen molar-refractivity contribution in [1.29, 1.82) is 0 Å². The van der Waals surface area contributed by atoms with Crippen molar-refractivity contribution in [3.8, 4) is 23.0 Å². The fourth-order valence-electron chi connectivity index (χ4n) is 3.80. The standard InChI is InChI=1S/C25H25F3N2O2.ClH/c26-25(27,28)18-22(30-15-13-29-14-16-30)19-11-12-23(31-20-7-3-1-4-8-20)24(17-19)32-21-9-5-2-6-10-21;/h1-12,17,22,29H,13-16,18H2;1H/t22-;/m1./s1. The average molecular weight is 479 g/mol. The molecule has 1 atom stereocenters. The first-order chi connectivity index (χ1) is 15.5. The first-order valence-electron chi connectivity index (χ1n) is 10.6. The topological polar surface area (TPSA) is 33.7 Å². The lowest BCUT2D eigenvalue weighted by Gasteiger charge is -2.36. The fourth-order valence-corrected chi connectivity index (χ4v) is 3.80. The molecule has 4 rings (SSSR count). The summed E-state index contributed by atoms with van der Waals surface area (Å²) in [4.78, 5) is 1.88. The molecule has 0 aromatic heterocycles. The summed E-state index contributed by atoms with van der Waals surface area (Å²) < 4.78 is 52.4. The minimum absolute atomic E-state index is 0. The molecule has 1 saturated heterocycles. The quantitative estimate of drug-likeness (QED) is 0.415. The van der Waals surface area contributed by atoms with Gasteiger partial charge < -0.3 is 14.8 Å². The molecule has 3 aromatic carbocycles. The molecule has 176 valence electrons. The van der Waals surface area contributed by atoms with Crippen LogP contribution in [0.1, 0.15) is 18.0 Å². The van der Waals surface area contributed by atoms with Crippen LogP contribution in [0.4, 0.5) is 13.2 Å². The molecule has 0 saturated carbocycles. The van der Waals surface area contributed by atoms with Gasteiger partial charge in [0.15, 0.2) is 11.5 Å². The number of hydrogen-bond acceptors (Lipinski definition) is 4. The van der Waals surface area contributed by atoms with Crippen LogP contribution in [0.25, 0.3) is 0 Å². The Labute approximate surface area is 197 Å². The minimum atomic E-state index is -4.28. The van der Waals surface area contributed by atoms with Gasteiger partial charge in [-0.2, -0.15) is 13.2 Å². The molecule has 1 N–H and O–H groups in total. The number of ether oxygens (including phenoxy) is 2. The van der Waals surface area contributed by atoms with Crippen LogP contribution >= 0.6 is 12.4 Å². The lowest BCUT2D eigenvalue weighted by atomic mass is 10.00. The summed E-state index contributed by atoms with van der Waals surface area (Å²) in [5.74, 6) is 2.01. The van der Waals surface area contributed by atoms with Gasteiger partial charge in [-0.05, 0) is 42.0 Å². The van der Waals surface area contributed by atoms with Crippen molar-refractivity contribution in [2.24, 2.45) is 0 Å². The van der Waals surface area contributed by atoms with E-state index in [4.69, 9.17) is 9.47 Å². The molecule has 0 unspecified atom stereocenters. The number of rotatable bonds is 7. The van der Waals surface area contributed by atoms with Gasteiger partial charge in [0, 0.05) is 32.2 Å². The Morgan fingerprint density at radius 1 is 0.788 bits per heavy atom. The predicted molar refractivity (Wildman–Crippen MR) is 125 cm³/mol. The van der Waals surface area contributed by atoms with Crippen LogP contribution < -0.4 is 14.8 Å². The number of benzene rings is 3. The van der Waals surface area contributed by atoms with Crippen molar-refractivity contribution in [2.75, 3.05) is 26.2 Å². The molecule has 1 heterocycles. The second kappa shape index (κ2) is 11.4. The number of hydrogen-bond donors (Lipinski definition) is 1. The maximum atomic E-state index is 13.5. The van der Waals surface area contributed by atoms with Gasteiger partial charge in [0.05, 0.1) is 6.42 Å². The molecule has 0 bridgehead atoms. The van der Waals surface area contributed by atoms with Crippen molar-refractivity contribution in [2.45, 2.75) is 18.6 Å². The van der Waals surface area contributed by atoms with Crippen LogP contribution in [0.2, 0.25) is 0 Å². The van der Waals surface area contributed by atoms with E-state index in [1.807, 2.05) is 53.4 Å². The van der Waals surface area contributed by atoms with Gasteiger partial charge in [-0.3, -0.25) is 4.90 Å². The highest BCUT2D eigenvalue weighted by atomic mass is 35.5. The highest BCUT2D eigenvalue weighted by Crippen LogP contribution is 2.40. The largest absolute Gasteiger partial charge is 0.453 e. The van der Waals surface area contributed by atoms with E-state index in [0.717, 1.165) is 0 Å². The normalized spacial score (nSPS) is 15.4. The zero-order valence-corrected chi connectivity index (χ0v) is 18.7. The Kier molecular flexibility index (Phi) is 8.61. The van der Waals surface area contributed by atoms with Gasteiger partial charge in [0.25, 0.3) is 0 Å². The molecule has 33 heavy (non-hydrogen) atoms. The lowest BCUT2D eigenvalue weighted by Crippen LogP contribution is -2.46. The van der Waals surface area contributed by atoms with Gasteiger partial charge in [0.1, 0.15) is 11.5 Å². The first-order valence-corrected chi connectivity index (χ1v) is 10.6. The van der Waals surface area contributed by atoms with E-state index in [1.54, 1.807) is 30.3 Å². The molecule has 1 fully saturated rings. The lowest BCUT2D eigenvalue weighted by molar-refractivity contribution is -0.148. The SMILES string of the molecule is Cl.FC(F)(F)C[C@H](c1ccc(Oc2ccccc2)c(Oc2ccccc2)c1)N1CCNCC1. The predicted octanol–water partition coefficient (Wildman–Crippen LogP) is 6.59. The average Bonchev–Trinajstić information content (AvgIpc) is 2.80. The Morgan fingerprint density at radius 2 is 1.33 bits per heavy atom. The molecule has 3 aromatic rings. The molecular formula is C25H26ClF3N2O2. The Hall–Kier alpha value is -2.74. The number of para-hydroxylation sites is 2.